The first kappa shape index (κ1) is 16.1. The number of ether oxygens (including phenoxy) is 1. The number of urea groups is 1. The van der Waals surface area contributed by atoms with E-state index in [9.17, 15) is 18.0 Å². The Kier molecular flexibility index (Phi) is 5.90. The van der Waals surface area contributed by atoms with E-state index in [0.29, 0.717) is 12.5 Å². The second-order valence-corrected chi connectivity index (χ2v) is 5.16. The number of amides is 2. The fourth-order valence-corrected chi connectivity index (χ4v) is 1.86. The second kappa shape index (κ2) is 6.98. The lowest BCUT2D eigenvalue weighted by atomic mass is 9.85. The van der Waals surface area contributed by atoms with Gasteiger partial charge in [-0.3, -0.25) is 0 Å². The first-order chi connectivity index (χ1) is 8.78. The fraction of sp³-hybridized carbons (Fsp3) is 0.917. The Morgan fingerprint density at radius 3 is 2.58 bits per heavy atom. The molecule has 0 radical (unpaired) electrons. The van der Waals surface area contributed by atoms with E-state index in [1.807, 2.05) is 0 Å². The predicted molar refractivity (Wildman–Crippen MR) is 64.8 cm³/mol. The molecule has 1 fully saturated rings. The third-order valence-electron chi connectivity index (χ3n) is 3.11. The zero-order valence-electron chi connectivity index (χ0n) is 11.3. The molecule has 1 aliphatic rings. The maximum Gasteiger partial charge on any atom is 0.411 e. The van der Waals surface area contributed by atoms with Crippen LogP contribution in [-0.4, -0.2) is 50.0 Å². The average Bonchev–Trinajstić information content (AvgIpc) is 2.20. The minimum atomic E-state index is -4.33. The predicted octanol–water partition coefficient (Wildman–Crippen LogP) is 2.40. The molecule has 0 heterocycles. The van der Waals surface area contributed by atoms with Crippen molar-refractivity contribution in [2.75, 3.05) is 26.8 Å². The van der Waals surface area contributed by atoms with Crippen LogP contribution in [0.1, 0.15) is 26.2 Å². The molecule has 112 valence electrons. The van der Waals surface area contributed by atoms with Gasteiger partial charge in [0.2, 0.25) is 0 Å². The Hall–Kier alpha value is -0.980. The Morgan fingerprint density at radius 1 is 1.47 bits per heavy atom. The maximum atomic E-state index is 11.9. The van der Waals surface area contributed by atoms with E-state index in [0.717, 1.165) is 12.8 Å². The van der Waals surface area contributed by atoms with Crippen molar-refractivity contribution < 1.29 is 22.7 Å². The normalized spacial score (nSPS) is 17.7. The van der Waals surface area contributed by atoms with Crippen LogP contribution in [0.3, 0.4) is 0 Å². The van der Waals surface area contributed by atoms with Crippen molar-refractivity contribution in [3.63, 3.8) is 0 Å². The van der Waals surface area contributed by atoms with Gasteiger partial charge in [0.1, 0.15) is 6.61 Å². The van der Waals surface area contributed by atoms with Gasteiger partial charge in [-0.25, -0.2) is 4.79 Å². The third kappa shape index (κ3) is 6.66. The summed E-state index contributed by atoms with van der Waals surface area (Å²) in [6, 6.07) is -0.714. The quantitative estimate of drug-likeness (QED) is 0.812. The Bertz CT molecular complexity index is 293. The molecule has 4 nitrogen and oxygen atoms in total. The number of alkyl halides is 3. The van der Waals surface area contributed by atoms with Crippen molar-refractivity contribution in [3.05, 3.63) is 0 Å². The molecule has 0 spiro atoms. The van der Waals surface area contributed by atoms with Gasteiger partial charge < -0.3 is 15.0 Å². The van der Waals surface area contributed by atoms with Gasteiger partial charge in [0.25, 0.3) is 0 Å². The number of hydrogen-bond acceptors (Lipinski definition) is 2. The fourth-order valence-electron chi connectivity index (χ4n) is 1.86. The molecule has 0 aromatic heterocycles. The van der Waals surface area contributed by atoms with E-state index in [1.54, 1.807) is 18.9 Å². The van der Waals surface area contributed by atoms with Gasteiger partial charge in [-0.15, -0.1) is 0 Å². The molecule has 2 amide bonds. The first-order valence-corrected chi connectivity index (χ1v) is 6.44. The van der Waals surface area contributed by atoms with Crippen molar-refractivity contribution in [1.82, 2.24) is 10.2 Å². The molecule has 1 aliphatic carbocycles. The smallest absolute Gasteiger partial charge is 0.370 e. The zero-order chi connectivity index (χ0) is 14.5. The van der Waals surface area contributed by atoms with Crippen LogP contribution in [0.4, 0.5) is 18.0 Å². The highest BCUT2D eigenvalue weighted by atomic mass is 19.4. The largest absolute Gasteiger partial charge is 0.411 e. The second-order valence-electron chi connectivity index (χ2n) is 5.16. The molecule has 7 heteroatoms. The topological polar surface area (TPSA) is 41.6 Å². The number of nitrogens with zero attached hydrogens (tertiary/aromatic N) is 1. The summed E-state index contributed by atoms with van der Waals surface area (Å²) in [5.41, 5.74) is 0. The Morgan fingerprint density at radius 2 is 2.11 bits per heavy atom. The van der Waals surface area contributed by atoms with Crippen LogP contribution in [-0.2, 0) is 4.74 Å². The van der Waals surface area contributed by atoms with E-state index < -0.39 is 18.8 Å². The lowest BCUT2D eigenvalue weighted by molar-refractivity contribution is -0.174. The van der Waals surface area contributed by atoms with Crippen LogP contribution in [0.25, 0.3) is 0 Å². The molecule has 1 atom stereocenters. The van der Waals surface area contributed by atoms with E-state index >= 15 is 0 Å². The number of carbonyl (C=O) groups is 1. The van der Waals surface area contributed by atoms with E-state index in [-0.39, 0.29) is 12.6 Å². The van der Waals surface area contributed by atoms with Gasteiger partial charge >= 0.3 is 12.2 Å². The summed E-state index contributed by atoms with van der Waals surface area (Å²) in [7, 11) is 1.69. The lowest BCUT2D eigenvalue weighted by Gasteiger charge is -2.30. The molecule has 1 rings (SSSR count). The summed E-state index contributed by atoms with van der Waals surface area (Å²) < 4.78 is 40.1. The van der Waals surface area contributed by atoms with E-state index in [2.05, 4.69) is 10.1 Å². The van der Waals surface area contributed by atoms with Gasteiger partial charge in [0.05, 0.1) is 12.6 Å². The number of nitrogens with one attached hydrogen (secondary N) is 1. The number of rotatable bonds is 6. The summed E-state index contributed by atoms with van der Waals surface area (Å²) in [5.74, 6) is 0.563. The highest BCUT2D eigenvalue weighted by Crippen LogP contribution is 2.26. The van der Waals surface area contributed by atoms with Crippen LogP contribution >= 0.6 is 0 Å². The van der Waals surface area contributed by atoms with Gasteiger partial charge in [-0.05, 0) is 25.7 Å². The van der Waals surface area contributed by atoms with Crippen LogP contribution in [0.2, 0.25) is 0 Å². The molecule has 1 unspecified atom stereocenters. The van der Waals surface area contributed by atoms with Gasteiger partial charge in [-0.1, -0.05) is 6.42 Å². The van der Waals surface area contributed by atoms with Crippen LogP contribution in [0.15, 0.2) is 0 Å². The molecule has 0 saturated heterocycles. The molecule has 1 saturated carbocycles. The Labute approximate surface area is 111 Å². The van der Waals surface area contributed by atoms with Gasteiger partial charge in [0.15, 0.2) is 0 Å². The molecule has 0 aromatic carbocycles. The minimum absolute atomic E-state index is 0.150. The van der Waals surface area contributed by atoms with Crippen molar-refractivity contribution in [2.24, 2.45) is 5.92 Å². The van der Waals surface area contributed by atoms with E-state index in [4.69, 9.17) is 0 Å². The average molecular weight is 282 g/mol. The summed E-state index contributed by atoms with van der Waals surface area (Å²) in [4.78, 5) is 13.3. The van der Waals surface area contributed by atoms with E-state index in [1.165, 1.54) is 6.42 Å². The summed E-state index contributed by atoms with van der Waals surface area (Å²) in [6.07, 6.45) is -0.837. The third-order valence-corrected chi connectivity index (χ3v) is 3.11. The maximum absolute atomic E-state index is 11.9. The Balaban J connectivity index is 2.15. The molecule has 0 aromatic rings. The van der Waals surface area contributed by atoms with Crippen molar-refractivity contribution >= 4 is 6.03 Å². The number of halogens is 3. The molecule has 0 aliphatic heterocycles. The van der Waals surface area contributed by atoms with Crippen molar-refractivity contribution in [3.8, 4) is 0 Å². The molecule has 1 N–H and O–H groups in total. The SMILES string of the molecule is CC(COCC(F)(F)F)NC(=O)N(C)CC1CCC1. The van der Waals surface area contributed by atoms with Crippen LogP contribution in [0, 0.1) is 5.92 Å². The monoisotopic (exact) mass is 282 g/mol. The van der Waals surface area contributed by atoms with Crippen molar-refractivity contribution in [1.29, 1.82) is 0 Å². The van der Waals surface area contributed by atoms with Crippen LogP contribution < -0.4 is 5.32 Å². The van der Waals surface area contributed by atoms with Gasteiger partial charge in [-0.2, -0.15) is 13.2 Å². The van der Waals surface area contributed by atoms with Crippen molar-refractivity contribution in [2.45, 2.75) is 38.4 Å². The molecular formula is C12H21F3N2O2. The lowest BCUT2D eigenvalue weighted by Crippen LogP contribution is -2.46. The minimum Gasteiger partial charge on any atom is -0.370 e. The number of hydrogen-bond donors (Lipinski definition) is 1. The molecular weight excluding hydrogens is 261 g/mol. The highest BCUT2D eigenvalue weighted by molar-refractivity contribution is 5.74. The number of carbonyl (C=O) groups excluding carboxylic acids is 1. The van der Waals surface area contributed by atoms with Crippen LogP contribution in [0.5, 0.6) is 0 Å². The summed E-state index contributed by atoms with van der Waals surface area (Å²) in [6.45, 7) is 0.876. The highest BCUT2D eigenvalue weighted by Gasteiger charge is 2.28. The summed E-state index contributed by atoms with van der Waals surface area (Å²) in [5, 5.41) is 2.61. The standard InChI is InChI=1S/C12H21F3N2O2/c1-9(7-19-8-12(13,14)15)16-11(18)17(2)6-10-4-3-5-10/h9-10H,3-8H2,1-2H3,(H,16,18). The zero-order valence-corrected chi connectivity index (χ0v) is 11.3. The first-order valence-electron chi connectivity index (χ1n) is 6.44. The summed E-state index contributed by atoms with van der Waals surface area (Å²) >= 11 is 0. The molecule has 0 bridgehead atoms. The molecule has 19 heavy (non-hydrogen) atoms. The van der Waals surface area contributed by atoms with Gasteiger partial charge in [0, 0.05) is 13.6 Å².